The first-order chi connectivity index (χ1) is 50.3. The molecule has 0 bridgehead atoms. The van der Waals surface area contributed by atoms with Crippen LogP contribution in [0.15, 0.2) is 48.6 Å². The highest BCUT2D eigenvalue weighted by molar-refractivity contribution is 5.76. The van der Waals surface area contributed by atoms with Gasteiger partial charge in [0.2, 0.25) is 5.91 Å². The van der Waals surface area contributed by atoms with E-state index in [9.17, 15) is 61.0 Å². The lowest BCUT2D eigenvalue weighted by Gasteiger charge is -2.48. The van der Waals surface area contributed by atoms with E-state index in [-0.39, 0.29) is 18.9 Å². The number of carbonyl (C=O) groups is 1. The van der Waals surface area contributed by atoms with Gasteiger partial charge in [0.15, 0.2) is 18.9 Å². The van der Waals surface area contributed by atoms with Crippen LogP contribution in [0.4, 0.5) is 0 Å². The molecule has 103 heavy (non-hydrogen) atoms. The molecule has 0 aliphatic carbocycles. The number of carbonyl (C=O) groups excluding carboxylic acids is 1. The summed E-state index contributed by atoms with van der Waals surface area (Å²) in [6.45, 7) is 1.76. The van der Waals surface area contributed by atoms with Crippen molar-refractivity contribution in [2.75, 3.05) is 26.4 Å². The second kappa shape index (κ2) is 64.6. The van der Waals surface area contributed by atoms with Crippen molar-refractivity contribution in [3.63, 3.8) is 0 Å². The first-order valence-electron chi connectivity index (χ1n) is 42.4. The van der Waals surface area contributed by atoms with Crippen molar-refractivity contribution in [2.45, 2.75) is 452 Å². The molecular weight excluding hydrogens is 1310 g/mol. The van der Waals surface area contributed by atoms with Crippen LogP contribution in [-0.4, -0.2) is 193 Å². The van der Waals surface area contributed by atoms with Gasteiger partial charge in [0.05, 0.1) is 38.6 Å². The van der Waals surface area contributed by atoms with Crippen molar-refractivity contribution >= 4 is 5.91 Å². The van der Waals surface area contributed by atoms with Crippen LogP contribution in [0.3, 0.4) is 0 Å². The van der Waals surface area contributed by atoms with Crippen molar-refractivity contribution < 1.29 is 89.4 Å². The Kier molecular flexibility index (Phi) is 59.5. The van der Waals surface area contributed by atoms with Crippen LogP contribution >= 0.6 is 0 Å². The Morgan fingerprint density at radius 1 is 0.340 bits per heavy atom. The van der Waals surface area contributed by atoms with E-state index in [0.717, 1.165) is 44.9 Å². The van der Waals surface area contributed by atoms with Crippen molar-refractivity contribution in [3.05, 3.63) is 48.6 Å². The molecule has 3 aliphatic rings. The second-order valence-electron chi connectivity index (χ2n) is 30.3. The number of ether oxygens (including phenoxy) is 6. The third-order valence-corrected chi connectivity index (χ3v) is 21.1. The number of unbranched alkanes of at least 4 members (excludes halogenated alkanes) is 46. The molecule has 0 aromatic rings. The molecule has 0 spiro atoms. The lowest BCUT2D eigenvalue weighted by Crippen LogP contribution is -2.66. The molecule has 604 valence electrons. The van der Waals surface area contributed by atoms with Gasteiger partial charge in [-0.05, 0) is 70.6 Å². The van der Waals surface area contributed by atoms with Gasteiger partial charge in [-0.2, -0.15) is 0 Å². The Labute approximate surface area is 624 Å². The average molecular weight is 1470 g/mol. The molecular formula is C84H155NO18. The maximum Gasteiger partial charge on any atom is 0.220 e. The van der Waals surface area contributed by atoms with Gasteiger partial charge in [0, 0.05) is 6.42 Å². The predicted molar refractivity (Wildman–Crippen MR) is 411 cm³/mol. The molecule has 3 heterocycles. The second-order valence-corrected chi connectivity index (χ2v) is 30.3. The van der Waals surface area contributed by atoms with E-state index in [0.29, 0.717) is 12.8 Å². The van der Waals surface area contributed by atoms with E-state index >= 15 is 0 Å². The van der Waals surface area contributed by atoms with Crippen LogP contribution < -0.4 is 5.32 Å². The van der Waals surface area contributed by atoms with E-state index in [4.69, 9.17) is 28.4 Å². The highest BCUT2D eigenvalue weighted by atomic mass is 16.8. The average Bonchev–Trinajstić information content (AvgIpc) is 0.781. The van der Waals surface area contributed by atoms with E-state index < -0.39 is 124 Å². The number of allylic oxidation sites excluding steroid dienone is 7. The number of amides is 1. The molecule has 0 aromatic heterocycles. The number of hydrogen-bond acceptors (Lipinski definition) is 18. The fourth-order valence-corrected chi connectivity index (χ4v) is 14.3. The first-order valence-corrected chi connectivity index (χ1v) is 42.4. The number of rotatable bonds is 68. The predicted octanol–water partition coefficient (Wildman–Crippen LogP) is 14.8. The van der Waals surface area contributed by atoms with E-state index in [1.165, 1.54) is 270 Å². The molecule has 0 radical (unpaired) electrons. The Bertz CT molecular complexity index is 2050. The summed E-state index contributed by atoms with van der Waals surface area (Å²) in [5.74, 6) is -0.284. The van der Waals surface area contributed by atoms with Crippen LogP contribution in [0.5, 0.6) is 0 Å². The van der Waals surface area contributed by atoms with Crippen molar-refractivity contribution in [1.29, 1.82) is 0 Å². The molecule has 3 fully saturated rings. The Morgan fingerprint density at radius 3 is 0.971 bits per heavy atom. The lowest BCUT2D eigenvalue weighted by molar-refractivity contribution is -0.379. The molecule has 12 N–H and O–H groups in total. The van der Waals surface area contributed by atoms with Gasteiger partial charge in [-0.1, -0.05) is 319 Å². The van der Waals surface area contributed by atoms with Crippen molar-refractivity contribution in [3.8, 4) is 0 Å². The minimum absolute atomic E-state index is 0.234. The number of aliphatic hydroxyl groups excluding tert-OH is 11. The van der Waals surface area contributed by atoms with E-state index in [2.05, 4.69) is 55.6 Å². The highest BCUT2D eigenvalue weighted by Gasteiger charge is 2.54. The van der Waals surface area contributed by atoms with Crippen LogP contribution in [0, 0.1) is 0 Å². The third kappa shape index (κ3) is 44.3. The summed E-state index contributed by atoms with van der Waals surface area (Å²) in [6.07, 6.45) is 55.4. The summed E-state index contributed by atoms with van der Waals surface area (Å²) >= 11 is 0. The summed E-state index contributed by atoms with van der Waals surface area (Å²) in [5, 5.41) is 121. The molecule has 17 atom stereocenters. The quantitative estimate of drug-likeness (QED) is 0.0199. The third-order valence-electron chi connectivity index (χ3n) is 21.1. The maximum atomic E-state index is 13.5. The van der Waals surface area contributed by atoms with E-state index in [1.807, 2.05) is 6.08 Å². The fraction of sp³-hybridized carbons (Fsp3) is 0.893. The van der Waals surface area contributed by atoms with Gasteiger partial charge < -0.3 is 89.9 Å². The van der Waals surface area contributed by atoms with Gasteiger partial charge in [0.25, 0.3) is 0 Å². The van der Waals surface area contributed by atoms with Crippen molar-refractivity contribution in [1.82, 2.24) is 5.32 Å². The summed E-state index contributed by atoms with van der Waals surface area (Å²) in [7, 11) is 0. The van der Waals surface area contributed by atoms with Crippen molar-refractivity contribution in [2.24, 2.45) is 0 Å². The molecule has 3 aliphatic heterocycles. The zero-order valence-corrected chi connectivity index (χ0v) is 64.8. The van der Waals surface area contributed by atoms with Crippen LogP contribution in [0.25, 0.3) is 0 Å². The van der Waals surface area contributed by atoms with Gasteiger partial charge in [-0.25, -0.2) is 0 Å². The molecule has 0 aromatic carbocycles. The Morgan fingerprint density at radius 2 is 0.621 bits per heavy atom. The molecule has 19 nitrogen and oxygen atoms in total. The minimum Gasteiger partial charge on any atom is -0.394 e. The summed E-state index contributed by atoms with van der Waals surface area (Å²) in [4.78, 5) is 13.5. The number of hydrogen-bond donors (Lipinski definition) is 12. The molecule has 19 heteroatoms. The summed E-state index contributed by atoms with van der Waals surface area (Å²) in [6, 6.07) is -0.999. The summed E-state index contributed by atoms with van der Waals surface area (Å²) < 4.78 is 34.5. The van der Waals surface area contributed by atoms with Crippen LogP contribution in [0.2, 0.25) is 0 Å². The molecule has 3 saturated heterocycles. The largest absolute Gasteiger partial charge is 0.394 e. The maximum absolute atomic E-state index is 13.5. The standard InChI is InChI=1S/C84H155NO18/c1-3-5-7-9-11-13-15-17-19-21-23-25-27-29-31-32-33-34-36-37-39-41-43-45-47-49-51-53-55-57-59-61-68(89)67(85-72(90)62-60-58-56-54-52-50-48-46-44-42-40-38-35-30-28-26-24-22-20-18-16-14-12-10-8-6-4-2)66-98-82-78(96)75(93)80(70(64-87)100-82)103-84-79(97)76(94)81(71(65-88)101-84)102-83-77(95)74(92)73(91)69(63-86)99-83/h22,24,43,45,51,53,59,61,67-71,73-84,86-89,91-97H,3-21,23,25-42,44,46-50,52,54-58,60,62-66H2,1-2H3,(H,85,90)/b24-22-,45-43+,53-51+,61-59+. The zero-order chi connectivity index (χ0) is 74.6. The van der Waals surface area contributed by atoms with Crippen LogP contribution in [0.1, 0.15) is 348 Å². The number of aliphatic hydroxyl groups is 11. The zero-order valence-electron chi connectivity index (χ0n) is 64.8. The fourth-order valence-electron chi connectivity index (χ4n) is 14.3. The van der Waals surface area contributed by atoms with E-state index in [1.54, 1.807) is 6.08 Å². The highest BCUT2D eigenvalue weighted by Crippen LogP contribution is 2.33. The van der Waals surface area contributed by atoms with Gasteiger partial charge in [0.1, 0.15) is 73.2 Å². The monoisotopic (exact) mass is 1470 g/mol. The molecule has 0 saturated carbocycles. The Balaban J connectivity index is 1.38. The summed E-state index contributed by atoms with van der Waals surface area (Å²) in [5.41, 5.74) is 0. The minimum atomic E-state index is -1.98. The van der Waals surface area contributed by atoms with Crippen LogP contribution in [-0.2, 0) is 33.2 Å². The first kappa shape index (κ1) is 95.0. The smallest absolute Gasteiger partial charge is 0.220 e. The SMILES string of the molecule is CCCCCCCCCC/C=C\CCCCCCCCCCCCCCCCCC(=O)NC(COC1OC(CO)C(OC2OC(CO)C(OC3OC(CO)C(O)C(O)C3O)C(O)C2O)C(O)C1O)C(O)/C=C/CC/C=C/CC/C=C/CCCCCCCCCCCCCCCCCCCCCCC. The molecule has 3 rings (SSSR count). The van der Waals surface area contributed by atoms with Gasteiger partial charge in [-0.15, -0.1) is 0 Å². The Hall–Kier alpha value is -2.25. The normalized spacial score (nSPS) is 26.2. The number of nitrogens with one attached hydrogen (secondary N) is 1. The molecule has 17 unspecified atom stereocenters. The van der Waals surface area contributed by atoms with Gasteiger partial charge in [-0.3, -0.25) is 4.79 Å². The lowest BCUT2D eigenvalue weighted by atomic mass is 9.96. The van der Waals surface area contributed by atoms with Gasteiger partial charge >= 0.3 is 0 Å². The topological polar surface area (TPSA) is 307 Å². The molecule has 1 amide bonds.